The largest absolute Gasteiger partial charge is 0.508 e. The zero-order valence-electron chi connectivity index (χ0n) is 21.4. The van der Waals surface area contributed by atoms with E-state index in [0.29, 0.717) is 12.1 Å². The lowest BCUT2D eigenvalue weighted by molar-refractivity contribution is -0.139. The number of hydrogen-bond donors (Lipinski definition) is 5. The molecule has 40 heavy (non-hydrogen) atoms. The molecule has 0 aliphatic heterocycles. The Labute approximate surface area is 236 Å². The van der Waals surface area contributed by atoms with Gasteiger partial charge in [0.25, 0.3) is 5.91 Å². The summed E-state index contributed by atoms with van der Waals surface area (Å²) in [7, 11) is 0. The Morgan fingerprint density at radius 3 is 2.12 bits per heavy atom. The minimum Gasteiger partial charge on any atom is -0.508 e. The first-order chi connectivity index (χ1) is 19.2. The van der Waals surface area contributed by atoms with E-state index >= 15 is 0 Å². The van der Waals surface area contributed by atoms with Crippen LogP contribution in [0.2, 0.25) is 5.02 Å². The number of aromatic hydroxyl groups is 1. The molecular formula is C31H28ClN3O5. The van der Waals surface area contributed by atoms with Gasteiger partial charge in [-0.3, -0.25) is 9.59 Å². The summed E-state index contributed by atoms with van der Waals surface area (Å²) >= 11 is 6.06. The van der Waals surface area contributed by atoms with Gasteiger partial charge in [-0.05, 0) is 65.1 Å². The van der Waals surface area contributed by atoms with Crippen LogP contribution >= 0.6 is 11.6 Å². The maximum absolute atomic E-state index is 12.6. The number of phenols is 1. The van der Waals surface area contributed by atoms with Crippen LogP contribution in [0.3, 0.4) is 0 Å². The van der Waals surface area contributed by atoms with Gasteiger partial charge < -0.3 is 26.6 Å². The molecule has 204 valence electrons. The number of aliphatic carboxylic acids is 1. The van der Waals surface area contributed by atoms with Gasteiger partial charge in [0.15, 0.2) is 0 Å². The van der Waals surface area contributed by atoms with E-state index in [1.165, 1.54) is 6.07 Å². The third-order valence-corrected chi connectivity index (χ3v) is 6.64. The molecule has 0 heterocycles. The second-order valence-electron chi connectivity index (χ2n) is 9.29. The number of benzene rings is 4. The molecule has 4 aromatic rings. The third-order valence-electron chi connectivity index (χ3n) is 6.31. The zero-order valence-corrected chi connectivity index (χ0v) is 22.1. The highest BCUT2D eigenvalue weighted by Gasteiger charge is 2.22. The lowest BCUT2D eigenvalue weighted by Gasteiger charge is -2.16. The van der Waals surface area contributed by atoms with Crippen molar-refractivity contribution in [2.75, 3.05) is 5.32 Å². The average Bonchev–Trinajstić information content (AvgIpc) is 2.94. The molecule has 0 aliphatic carbocycles. The van der Waals surface area contributed by atoms with Crippen molar-refractivity contribution in [3.8, 4) is 16.9 Å². The molecule has 9 heteroatoms. The number of anilines is 1. The molecular weight excluding hydrogens is 530 g/mol. The van der Waals surface area contributed by atoms with E-state index in [1.54, 1.807) is 60.7 Å². The number of carbonyl (C=O) groups excluding carboxylic acids is 2. The lowest BCUT2D eigenvalue weighted by atomic mass is 10.00. The number of rotatable bonds is 10. The highest BCUT2D eigenvalue weighted by atomic mass is 35.5. The van der Waals surface area contributed by atoms with E-state index in [-0.39, 0.29) is 28.7 Å². The number of phenolic OH excluding ortho intramolecular Hbond substituents is 1. The molecule has 2 amide bonds. The number of carbonyl (C=O) groups is 3. The molecule has 6 N–H and O–H groups in total. The maximum Gasteiger partial charge on any atom is 0.326 e. The van der Waals surface area contributed by atoms with Crippen LogP contribution in [0.15, 0.2) is 97.1 Å². The average molecular weight is 558 g/mol. The van der Waals surface area contributed by atoms with Gasteiger partial charge in [0.2, 0.25) is 5.91 Å². The molecule has 8 nitrogen and oxygen atoms in total. The fourth-order valence-corrected chi connectivity index (χ4v) is 4.36. The predicted octanol–water partition coefficient (Wildman–Crippen LogP) is 4.65. The summed E-state index contributed by atoms with van der Waals surface area (Å²) in [5, 5.41) is 24.7. The number of halogens is 1. The van der Waals surface area contributed by atoms with Gasteiger partial charge in [0.05, 0.1) is 16.6 Å². The van der Waals surface area contributed by atoms with Gasteiger partial charge in [-0.15, -0.1) is 0 Å². The van der Waals surface area contributed by atoms with Crippen molar-refractivity contribution < 1.29 is 24.6 Å². The van der Waals surface area contributed by atoms with Crippen LogP contribution < -0.4 is 16.4 Å². The molecule has 0 radical (unpaired) electrons. The number of nitrogens with one attached hydrogen (secondary N) is 2. The normalized spacial score (nSPS) is 12.2. The van der Waals surface area contributed by atoms with Gasteiger partial charge in [-0.2, -0.15) is 0 Å². The van der Waals surface area contributed by atoms with Gasteiger partial charge in [0.1, 0.15) is 11.8 Å². The molecule has 0 saturated heterocycles. The van der Waals surface area contributed by atoms with E-state index in [0.717, 1.165) is 22.3 Å². The number of carboxylic acids is 1. The molecule has 0 bridgehead atoms. The van der Waals surface area contributed by atoms with Crippen LogP contribution in [-0.4, -0.2) is 40.1 Å². The van der Waals surface area contributed by atoms with Gasteiger partial charge in [-0.25, -0.2) is 4.79 Å². The quantitative estimate of drug-likeness (QED) is 0.192. The van der Waals surface area contributed by atoms with Crippen LogP contribution in [0.1, 0.15) is 21.5 Å². The second kappa shape index (κ2) is 12.9. The van der Waals surface area contributed by atoms with E-state index in [4.69, 9.17) is 17.3 Å². The Hall–Kier alpha value is -4.66. The summed E-state index contributed by atoms with van der Waals surface area (Å²) in [5.41, 5.74) is 10.1. The van der Waals surface area contributed by atoms with E-state index in [9.17, 15) is 24.6 Å². The standard InChI is InChI=1S/C31H28ClN3O5/c32-26-7-2-1-6-25(26)29(37)35-28(31(39)40)17-20-8-12-21(13-9-20)22-4-3-5-23(18-22)34-30(38)27(33)16-19-10-14-24(36)15-11-19/h1-15,18,27-28,36H,16-17,33H2,(H,34,38)(H,35,37)(H,39,40)/t27?,28-/m0/s1. The summed E-state index contributed by atoms with van der Waals surface area (Å²) in [4.78, 5) is 37.0. The number of amides is 2. The summed E-state index contributed by atoms with van der Waals surface area (Å²) in [5.74, 6) is -1.90. The van der Waals surface area contributed by atoms with Crippen LogP contribution in [-0.2, 0) is 22.4 Å². The Morgan fingerprint density at radius 1 is 0.800 bits per heavy atom. The molecule has 2 atom stereocenters. The lowest BCUT2D eigenvalue weighted by Crippen LogP contribution is -2.42. The monoisotopic (exact) mass is 557 g/mol. The van der Waals surface area contributed by atoms with Crippen molar-refractivity contribution >= 4 is 35.1 Å². The maximum atomic E-state index is 12.6. The zero-order chi connectivity index (χ0) is 28.6. The predicted molar refractivity (Wildman–Crippen MR) is 154 cm³/mol. The molecule has 1 unspecified atom stereocenters. The first kappa shape index (κ1) is 28.4. The van der Waals surface area contributed by atoms with Crippen LogP contribution in [0.5, 0.6) is 5.75 Å². The van der Waals surface area contributed by atoms with E-state index in [1.807, 2.05) is 30.3 Å². The van der Waals surface area contributed by atoms with Crippen molar-refractivity contribution in [3.63, 3.8) is 0 Å². The van der Waals surface area contributed by atoms with Gasteiger partial charge in [-0.1, -0.05) is 72.3 Å². The first-order valence-electron chi connectivity index (χ1n) is 12.5. The fourth-order valence-electron chi connectivity index (χ4n) is 4.14. The Kier molecular flexibility index (Phi) is 9.16. The Morgan fingerprint density at radius 2 is 1.45 bits per heavy atom. The molecule has 0 fully saturated rings. The highest BCUT2D eigenvalue weighted by Crippen LogP contribution is 2.24. The first-order valence-corrected chi connectivity index (χ1v) is 12.9. The minimum absolute atomic E-state index is 0.0841. The van der Waals surface area contributed by atoms with E-state index in [2.05, 4.69) is 10.6 Å². The van der Waals surface area contributed by atoms with Crippen LogP contribution in [0.25, 0.3) is 11.1 Å². The summed E-state index contributed by atoms with van der Waals surface area (Å²) in [6.07, 6.45) is 0.407. The number of nitrogens with two attached hydrogens (primary N) is 1. The van der Waals surface area contributed by atoms with Crippen LogP contribution in [0, 0.1) is 0 Å². The van der Waals surface area contributed by atoms with Gasteiger partial charge >= 0.3 is 5.97 Å². The smallest absolute Gasteiger partial charge is 0.326 e. The Bertz CT molecular complexity index is 1510. The van der Waals surface area contributed by atoms with Crippen molar-refractivity contribution in [1.82, 2.24) is 5.32 Å². The van der Waals surface area contributed by atoms with Crippen molar-refractivity contribution in [3.05, 3.63) is 119 Å². The topological polar surface area (TPSA) is 142 Å². The summed E-state index contributed by atoms with van der Waals surface area (Å²) < 4.78 is 0. The SMILES string of the molecule is NC(Cc1ccc(O)cc1)C(=O)Nc1cccc(-c2ccc(C[C@H](NC(=O)c3ccccc3Cl)C(=O)O)cc2)c1. The van der Waals surface area contributed by atoms with Crippen molar-refractivity contribution in [2.24, 2.45) is 5.73 Å². The molecule has 0 aliphatic rings. The number of carboxylic acid groups (broad SMARTS) is 1. The highest BCUT2D eigenvalue weighted by molar-refractivity contribution is 6.33. The molecule has 4 aromatic carbocycles. The molecule has 0 saturated carbocycles. The molecule has 0 spiro atoms. The molecule has 0 aromatic heterocycles. The summed E-state index contributed by atoms with van der Waals surface area (Å²) in [6, 6.07) is 25.7. The van der Waals surface area contributed by atoms with Crippen molar-refractivity contribution in [2.45, 2.75) is 24.9 Å². The molecule has 4 rings (SSSR count). The van der Waals surface area contributed by atoms with E-state index < -0.39 is 24.0 Å². The summed E-state index contributed by atoms with van der Waals surface area (Å²) in [6.45, 7) is 0. The number of hydrogen-bond acceptors (Lipinski definition) is 5. The minimum atomic E-state index is -1.16. The third kappa shape index (κ3) is 7.47. The second-order valence-corrected chi connectivity index (χ2v) is 9.70. The fraction of sp³-hybridized carbons (Fsp3) is 0.129. The van der Waals surface area contributed by atoms with Crippen LogP contribution in [0.4, 0.5) is 5.69 Å². The van der Waals surface area contributed by atoms with Gasteiger partial charge in [0, 0.05) is 12.1 Å². The Balaban J connectivity index is 1.39. The van der Waals surface area contributed by atoms with Crippen molar-refractivity contribution in [1.29, 1.82) is 0 Å².